The number of hydrogen-bond acceptors (Lipinski definition) is 2. The predicted molar refractivity (Wildman–Crippen MR) is 74.0 cm³/mol. The van der Waals surface area contributed by atoms with Crippen molar-refractivity contribution >= 4 is 15.9 Å². The molecule has 2 nitrogen and oxygen atoms in total. The molecule has 2 rings (SSSR count). The predicted octanol–water partition coefficient (Wildman–Crippen LogP) is 3.49. The Morgan fingerprint density at radius 2 is 2.06 bits per heavy atom. The third-order valence-corrected chi connectivity index (χ3v) is 3.96. The van der Waals surface area contributed by atoms with Crippen LogP contribution < -0.4 is 5.32 Å². The van der Waals surface area contributed by atoms with Gasteiger partial charge in [0.25, 0.3) is 0 Å². The third-order valence-electron chi connectivity index (χ3n) is 3.50. The van der Waals surface area contributed by atoms with Crippen molar-refractivity contribution in [2.45, 2.75) is 26.3 Å². The van der Waals surface area contributed by atoms with Gasteiger partial charge in [-0.05, 0) is 42.0 Å². The zero-order chi connectivity index (χ0) is 13.0. The monoisotopic (exact) mass is 315 g/mol. The molecule has 1 heterocycles. The van der Waals surface area contributed by atoms with Crippen LogP contribution in [-0.2, 0) is 11.3 Å². The molecule has 0 amide bonds. The number of hydrogen-bond donors (Lipinski definition) is 1. The molecule has 1 aliphatic rings. The topological polar surface area (TPSA) is 21.3 Å². The zero-order valence-electron chi connectivity index (χ0n) is 10.6. The summed E-state index contributed by atoms with van der Waals surface area (Å²) >= 11 is 3.31. The van der Waals surface area contributed by atoms with Crippen molar-refractivity contribution in [3.8, 4) is 0 Å². The molecular weight excluding hydrogens is 297 g/mol. The van der Waals surface area contributed by atoms with Crippen LogP contribution in [0.3, 0.4) is 0 Å². The Hall–Kier alpha value is -0.450. The number of benzene rings is 1. The molecule has 100 valence electrons. The summed E-state index contributed by atoms with van der Waals surface area (Å²) in [6, 6.07) is 5.00. The lowest BCUT2D eigenvalue weighted by atomic mass is 9.82. The van der Waals surface area contributed by atoms with Gasteiger partial charge >= 0.3 is 0 Å². The fourth-order valence-electron chi connectivity index (χ4n) is 2.26. The molecule has 0 spiro atoms. The smallest absolute Gasteiger partial charge is 0.124 e. The van der Waals surface area contributed by atoms with Crippen molar-refractivity contribution in [1.29, 1.82) is 0 Å². The van der Waals surface area contributed by atoms with Gasteiger partial charge in [0, 0.05) is 30.8 Å². The van der Waals surface area contributed by atoms with Gasteiger partial charge in [0.2, 0.25) is 0 Å². The lowest BCUT2D eigenvalue weighted by Gasteiger charge is -2.33. The Bertz CT molecular complexity index is 385. The number of ether oxygens (including phenoxy) is 1. The van der Waals surface area contributed by atoms with Crippen LogP contribution in [0.15, 0.2) is 22.7 Å². The lowest BCUT2D eigenvalue weighted by Crippen LogP contribution is -2.36. The fourth-order valence-corrected chi connectivity index (χ4v) is 2.78. The summed E-state index contributed by atoms with van der Waals surface area (Å²) in [6.45, 7) is 5.63. The summed E-state index contributed by atoms with van der Waals surface area (Å²) in [5, 5.41) is 3.42. The molecule has 0 radical (unpaired) electrons. The van der Waals surface area contributed by atoms with Gasteiger partial charge < -0.3 is 10.1 Å². The first-order valence-corrected chi connectivity index (χ1v) is 7.10. The Balaban J connectivity index is 1.84. The largest absolute Gasteiger partial charge is 0.381 e. The van der Waals surface area contributed by atoms with Crippen LogP contribution in [0.25, 0.3) is 0 Å². The molecule has 1 saturated heterocycles. The van der Waals surface area contributed by atoms with Crippen LogP contribution >= 0.6 is 15.9 Å². The van der Waals surface area contributed by atoms with E-state index in [2.05, 4.69) is 28.2 Å². The highest BCUT2D eigenvalue weighted by Crippen LogP contribution is 2.28. The molecule has 0 bridgehead atoms. The summed E-state index contributed by atoms with van der Waals surface area (Å²) in [7, 11) is 0. The quantitative estimate of drug-likeness (QED) is 0.918. The Morgan fingerprint density at radius 3 is 2.72 bits per heavy atom. The van der Waals surface area contributed by atoms with Crippen molar-refractivity contribution in [3.05, 3.63) is 34.1 Å². The molecule has 0 unspecified atom stereocenters. The van der Waals surface area contributed by atoms with E-state index >= 15 is 0 Å². The second-order valence-electron chi connectivity index (χ2n) is 5.30. The minimum Gasteiger partial charge on any atom is -0.381 e. The number of halogens is 2. The molecule has 18 heavy (non-hydrogen) atoms. The first-order valence-electron chi connectivity index (χ1n) is 6.31. The Labute approximate surface area is 116 Å². The fraction of sp³-hybridized carbons (Fsp3) is 0.571. The van der Waals surface area contributed by atoms with E-state index in [0.29, 0.717) is 12.0 Å². The highest BCUT2D eigenvalue weighted by Gasteiger charge is 2.26. The second kappa shape index (κ2) is 6.13. The summed E-state index contributed by atoms with van der Waals surface area (Å²) in [5.41, 5.74) is 1.28. The standard InChI is InChI=1S/C14H19BrFNO/c1-14(2-4-18-5-3-14)10-17-9-11-6-12(15)8-13(16)7-11/h6-8,17H,2-5,9-10H2,1H3. The van der Waals surface area contributed by atoms with Gasteiger partial charge in [0.15, 0.2) is 0 Å². The minimum absolute atomic E-state index is 0.196. The molecule has 0 aromatic heterocycles. The molecule has 1 aliphatic heterocycles. The van der Waals surface area contributed by atoms with E-state index in [4.69, 9.17) is 4.74 Å². The van der Waals surface area contributed by atoms with Crippen molar-refractivity contribution in [1.82, 2.24) is 5.32 Å². The first kappa shape index (κ1) is 14.0. The van der Waals surface area contributed by atoms with Crippen LogP contribution in [-0.4, -0.2) is 19.8 Å². The summed E-state index contributed by atoms with van der Waals surface area (Å²) in [6.07, 6.45) is 2.18. The van der Waals surface area contributed by atoms with Gasteiger partial charge in [-0.2, -0.15) is 0 Å². The van der Waals surface area contributed by atoms with Crippen LogP contribution in [0.4, 0.5) is 4.39 Å². The lowest BCUT2D eigenvalue weighted by molar-refractivity contribution is 0.0240. The zero-order valence-corrected chi connectivity index (χ0v) is 12.2. The van der Waals surface area contributed by atoms with E-state index in [9.17, 15) is 4.39 Å². The molecule has 1 aromatic rings. The highest BCUT2D eigenvalue weighted by atomic mass is 79.9. The SMILES string of the molecule is CC1(CNCc2cc(F)cc(Br)c2)CCOCC1. The van der Waals surface area contributed by atoms with E-state index in [-0.39, 0.29) is 5.82 Å². The van der Waals surface area contributed by atoms with Crippen molar-refractivity contribution in [2.75, 3.05) is 19.8 Å². The average molecular weight is 316 g/mol. The first-order chi connectivity index (χ1) is 8.57. The number of rotatable bonds is 4. The molecule has 0 atom stereocenters. The maximum Gasteiger partial charge on any atom is 0.124 e. The maximum atomic E-state index is 13.2. The van der Waals surface area contributed by atoms with Gasteiger partial charge in [0.05, 0.1) is 0 Å². The van der Waals surface area contributed by atoms with Crippen LogP contribution in [0.2, 0.25) is 0 Å². The van der Waals surface area contributed by atoms with Crippen molar-refractivity contribution in [3.63, 3.8) is 0 Å². The van der Waals surface area contributed by atoms with Crippen LogP contribution in [0.1, 0.15) is 25.3 Å². The molecule has 4 heteroatoms. The molecule has 1 fully saturated rings. The molecule has 1 N–H and O–H groups in total. The maximum absolute atomic E-state index is 13.2. The summed E-state index contributed by atoms with van der Waals surface area (Å²) in [5.74, 6) is -0.196. The van der Waals surface area contributed by atoms with E-state index in [1.807, 2.05) is 6.07 Å². The van der Waals surface area contributed by atoms with Crippen molar-refractivity contribution < 1.29 is 9.13 Å². The Morgan fingerprint density at radius 1 is 1.33 bits per heavy atom. The van der Waals surface area contributed by atoms with Crippen LogP contribution in [0, 0.1) is 11.2 Å². The molecule has 0 aliphatic carbocycles. The van der Waals surface area contributed by atoms with Crippen LogP contribution in [0.5, 0.6) is 0 Å². The summed E-state index contributed by atoms with van der Waals surface area (Å²) < 4.78 is 19.4. The minimum atomic E-state index is -0.196. The van der Waals surface area contributed by atoms with E-state index in [1.54, 1.807) is 6.07 Å². The van der Waals surface area contributed by atoms with E-state index < -0.39 is 0 Å². The average Bonchev–Trinajstić information content (AvgIpc) is 2.28. The van der Waals surface area contributed by atoms with Gasteiger partial charge in [-0.3, -0.25) is 0 Å². The molecule has 1 aromatic carbocycles. The van der Waals surface area contributed by atoms with Gasteiger partial charge in [-0.25, -0.2) is 4.39 Å². The van der Waals surface area contributed by atoms with Gasteiger partial charge in [0.1, 0.15) is 5.82 Å². The molecule has 0 saturated carbocycles. The second-order valence-corrected chi connectivity index (χ2v) is 6.22. The van der Waals surface area contributed by atoms with E-state index in [1.165, 1.54) is 6.07 Å². The Kier molecular flexibility index (Phi) is 4.76. The normalized spacial score (nSPS) is 18.8. The molecular formula is C14H19BrFNO. The summed E-state index contributed by atoms with van der Waals surface area (Å²) in [4.78, 5) is 0. The van der Waals surface area contributed by atoms with Crippen molar-refractivity contribution in [2.24, 2.45) is 5.41 Å². The van der Waals surface area contributed by atoms with E-state index in [0.717, 1.165) is 42.6 Å². The highest BCUT2D eigenvalue weighted by molar-refractivity contribution is 9.10. The number of nitrogens with one attached hydrogen (secondary N) is 1. The van der Waals surface area contributed by atoms with Gasteiger partial charge in [-0.1, -0.05) is 22.9 Å². The third kappa shape index (κ3) is 4.04. The van der Waals surface area contributed by atoms with Gasteiger partial charge in [-0.15, -0.1) is 0 Å².